The number of hydrogen-bond donors (Lipinski definition) is 0. The average molecular weight is 545 g/mol. The molecule has 0 aliphatic heterocycles. The average Bonchev–Trinajstić information content (AvgIpc) is 2.86. The zero-order chi connectivity index (χ0) is 23.3. The van der Waals surface area contributed by atoms with Gasteiger partial charge in [-0.2, -0.15) is 0 Å². The van der Waals surface area contributed by atoms with Crippen molar-refractivity contribution in [3.8, 4) is 0 Å². The van der Waals surface area contributed by atoms with Crippen molar-refractivity contribution in [1.82, 2.24) is 0 Å². The molecule has 0 saturated heterocycles. The summed E-state index contributed by atoms with van der Waals surface area (Å²) in [5, 5.41) is 2.34. The van der Waals surface area contributed by atoms with Crippen LogP contribution >= 0.6 is 0 Å². The summed E-state index contributed by atoms with van der Waals surface area (Å²) in [5.41, 5.74) is 4.75. The molecule has 4 rings (SSSR count). The van der Waals surface area contributed by atoms with Gasteiger partial charge in [-0.05, 0) is 0 Å². The van der Waals surface area contributed by atoms with Gasteiger partial charge in [0.05, 0.1) is 0 Å². The molecule has 172 valence electrons. The number of allylic oxidation sites excluding steroid dienone is 1. The molecule has 0 fully saturated rings. The third kappa shape index (κ3) is 4.71. The molecule has 0 radical (unpaired) electrons. The molecule has 2 heteroatoms. The van der Waals surface area contributed by atoms with E-state index in [1.807, 2.05) is 0 Å². The summed E-state index contributed by atoms with van der Waals surface area (Å²) in [7, 11) is 0. The van der Waals surface area contributed by atoms with E-state index in [1.54, 1.807) is 0 Å². The molecule has 1 nitrogen and oxygen atoms in total. The van der Waals surface area contributed by atoms with Gasteiger partial charge in [0.1, 0.15) is 0 Å². The fraction of sp³-hybridized carbons (Fsp3) is 0.387. The molecule has 3 aromatic carbocycles. The van der Waals surface area contributed by atoms with E-state index in [-0.39, 0.29) is 0 Å². The Morgan fingerprint density at radius 1 is 0.636 bits per heavy atom. The van der Waals surface area contributed by atoms with Crippen LogP contribution in [0.25, 0.3) is 16.3 Å². The van der Waals surface area contributed by atoms with Crippen molar-refractivity contribution in [3.63, 3.8) is 0 Å². The molecule has 0 atom stereocenters. The van der Waals surface area contributed by atoms with Gasteiger partial charge in [0.25, 0.3) is 0 Å². The number of unbranched alkanes of at least 4 members (excludes halogenated alkanes) is 3. The van der Waals surface area contributed by atoms with E-state index in [2.05, 4.69) is 87.5 Å². The number of benzene rings is 3. The Morgan fingerprint density at radius 3 is 1.73 bits per heavy atom. The Hall–Kier alpha value is -1.87. The molecule has 33 heavy (non-hydrogen) atoms. The first kappa shape index (κ1) is 24.3. The van der Waals surface area contributed by atoms with Gasteiger partial charge in [0, 0.05) is 0 Å². The molecule has 1 aliphatic carbocycles. The van der Waals surface area contributed by atoms with Gasteiger partial charge in [-0.15, -0.1) is 0 Å². The van der Waals surface area contributed by atoms with Gasteiger partial charge >= 0.3 is 205 Å². The normalized spacial score (nSPS) is 13.7. The van der Waals surface area contributed by atoms with Gasteiger partial charge in [0.2, 0.25) is 0 Å². The van der Waals surface area contributed by atoms with Gasteiger partial charge in [-0.1, -0.05) is 0 Å². The number of rotatable bonds is 11. The Morgan fingerprint density at radius 2 is 1.18 bits per heavy atom. The maximum atomic E-state index is 14.5. The number of carbonyl (C=O) groups excluding carboxylic acids is 1. The molecule has 0 N–H and O–H groups in total. The Bertz CT molecular complexity index is 1120. The molecule has 0 unspecified atom stereocenters. The summed E-state index contributed by atoms with van der Waals surface area (Å²) in [6, 6.07) is 23.7. The second-order valence-electron chi connectivity index (χ2n) is 9.75. The first-order valence-corrected chi connectivity index (χ1v) is 20.5. The standard InChI is InChI=1S/C19H11O.3C4H9.Sn/c20-18-12-17(13-6-2-1-3-7-13)15-10-4-8-14-9-5-11-16(18)19(14)15;3*1-3-4-2;/h1-11H;3*1,3-4H2,2H3;. The molecule has 3 aromatic rings. The SMILES string of the molecule is CCC[CH2][Sn]([CH2]CCC)([CH2]CCC)[C]1=C(c2ccccc2)c2cccc3cccc(c23)C1=O. The minimum atomic E-state index is -3.02. The summed E-state index contributed by atoms with van der Waals surface area (Å²) in [4.78, 5) is 14.5. The molecular weight excluding hydrogens is 507 g/mol. The third-order valence-corrected chi connectivity index (χ3v) is 23.1. The first-order chi connectivity index (χ1) is 16.2. The Balaban J connectivity index is 2.07. The molecule has 0 bridgehead atoms. The van der Waals surface area contributed by atoms with E-state index in [1.165, 1.54) is 77.5 Å². The van der Waals surface area contributed by atoms with Crippen molar-refractivity contribution in [1.29, 1.82) is 0 Å². The molecule has 0 aromatic heterocycles. The quantitative estimate of drug-likeness (QED) is 0.220. The van der Waals surface area contributed by atoms with Crippen molar-refractivity contribution in [2.75, 3.05) is 0 Å². The molecular formula is C31H38OSn. The van der Waals surface area contributed by atoms with Gasteiger partial charge in [-0.3, -0.25) is 0 Å². The van der Waals surface area contributed by atoms with Crippen LogP contribution in [0.5, 0.6) is 0 Å². The van der Waals surface area contributed by atoms with Gasteiger partial charge < -0.3 is 0 Å². The van der Waals surface area contributed by atoms with Crippen LogP contribution in [0.3, 0.4) is 0 Å². The molecule has 0 saturated carbocycles. The summed E-state index contributed by atoms with van der Waals surface area (Å²) in [5.74, 6) is 0.359. The summed E-state index contributed by atoms with van der Waals surface area (Å²) in [6.45, 7) is 6.92. The predicted molar refractivity (Wildman–Crippen MR) is 146 cm³/mol. The Labute approximate surface area is 204 Å². The number of carbonyl (C=O) groups is 1. The fourth-order valence-corrected chi connectivity index (χ4v) is 23.0. The molecule has 0 amide bonds. The van der Waals surface area contributed by atoms with E-state index < -0.39 is 18.4 Å². The molecule has 1 aliphatic rings. The van der Waals surface area contributed by atoms with Gasteiger partial charge in [-0.25, -0.2) is 0 Å². The van der Waals surface area contributed by atoms with Crippen LogP contribution in [-0.4, -0.2) is 24.2 Å². The summed E-state index contributed by atoms with van der Waals surface area (Å²) >= 11 is -3.02. The van der Waals surface area contributed by atoms with E-state index >= 15 is 0 Å². The van der Waals surface area contributed by atoms with Crippen LogP contribution in [0, 0.1) is 0 Å². The van der Waals surface area contributed by atoms with Crippen molar-refractivity contribution < 1.29 is 4.79 Å². The van der Waals surface area contributed by atoms with Crippen LogP contribution in [0.15, 0.2) is 70.3 Å². The van der Waals surface area contributed by atoms with Crippen LogP contribution in [0.1, 0.15) is 80.8 Å². The second-order valence-corrected chi connectivity index (χ2v) is 22.8. The molecule has 0 spiro atoms. The number of ketones is 1. The van der Waals surface area contributed by atoms with Crippen LogP contribution in [-0.2, 0) is 0 Å². The van der Waals surface area contributed by atoms with Crippen molar-refractivity contribution in [3.05, 3.63) is 87.0 Å². The van der Waals surface area contributed by atoms with Crippen LogP contribution < -0.4 is 0 Å². The van der Waals surface area contributed by atoms with E-state index in [0.717, 1.165) is 10.9 Å². The predicted octanol–water partition coefficient (Wildman–Crippen LogP) is 9.23. The minimum absolute atomic E-state index is 0.359. The van der Waals surface area contributed by atoms with Crippen molar-refractivity contribution in [2.45, 2.75) is 72.6 Å². The Kier molecular flexibility index (Phi) is 8.11. The van der Waals surface area contributed by atoms with Crippen LogP contribution in [0.2, 0.25) is 13.3 Å². The van der Waals surface area contributed by atoms with E-state index in [9.17, 15) is 4.79 Å². The zero-order valence-corrected chi connectivity index (χ0v) is 23.5. The van der Waals surface area contributed by atoms with E-state index in [4.69, 9.17) is 0 Å². The fourth-order valence-electron chi connectivity index (χ4n) is 5.83. The van der Waals surface area contributed by atoms with Crippen LogP contribution in [0.4, 0.5) is 0 Å². The monoisotopic (exact) mass is 546 g/mol. The molecule has 0 heterocycles. The summed E-state index contributed by atoms with van der Waals surface area (Å²) < 4.78 is 5.22. The van der Waals surface area contributed by atoms with E-state index in [0.29, 0.717) is 5.78 Å². The summed E-state index contributed by atoms with van der Waals surface area (Å²) in [6.07, 6.45) is 7.41. The zero-order valence-electron chi connectivity index (χ0n) is 20.6. The van der Waals surface area contributed by atoms with Gasteiger partial charge in [0.15, 0.2) is 0 Å². The topological polar surface area (TPSA) is 17.1 Å². The van der Waals surface area contributed by atoms with Crippen molar-refractivity contribution in [2.24, 2.45) is 0 Å². The number of hydrogen-bond acceptors (Lipinski definition) is 1. The third-order valence-electron chi connectivity index (χ3n) is 7.52. The first-order valence-electron chi connectivity index (χ1n) is 13.0. The van der Waals surface area contributed by atoms with Crippen molar-refractivity contribution >= 4 is 40.5 Å². The maximum absolute atomic E-state index is 14.5. The number of Topliss-reactive ketones (excluding diaryl/α,β-unsaturated/α-hetero) is 1. The second kappa shape index (κ2) is 11.0.